The van der Waals surface area contributed by atoms with E-state index in [2.05, 4.69) is 50.4 Å². The van der Waals surface area contributed by atoms with Gasteiger partial charge in [-0.3, -0.25) is 0 Å². The number of aliphatic hydroxyl groups is 1. The molecule has 1 unspecified atom stereocenters. The number of benzene rings is 2. The zero-order valence-electron chi connectivity index (χ0n) is 18.7. The maximum absolute atomic E-state index is 10.7. The number of hydrogen-bond donors (Lipinski definition) is 3. The summed E-state index contributed by atoms with van der Waals surface area (Å²) in [6, 6.07) is 16.3. The summed E-state index contributed by atoms with van der Waals surface area (Å²) in [5.41, 5.74) is 3.70. The molecule has 2 rings (SSSR count). The smallest absolute Gasteiger partial charge is 0.423 e. The predicted molar refractivity (Wildman–Crippen MR) is 121 cm³/mol. The van der Waals surface area contributed by atoms with E-state index in [4.69, 9.17) is 4.65 Å². The monoisotopic (exact) mass is 397 g/mol. The van der Waals surface area contributed by atoms with Crippen molar-refractivity contribution in [1.29, 1.82) is 0 Å². The second-order valence-corrected chi connectivity index (χ2v) is 9.65. The van der Waals surface area contributed by atoms with Gasteiger partial charge in [-0.15, -0.1) is 0 Å². The van der Waals surface area contributed by atoms with Crippen molar-refractivity contribution in [3.63, 3.8) is 0 Å². The average Bonchev–Trinajstić information content (AvgIpc) is 2.65. The Morgan fingerprint density at radius 1 is 0.897 bits per heavy atom. The van der Waals surface area contributed by atoms with E-state index in [1.54, 1.807) is 0 Å². The summed E-state index contributed by atoms with van der Waals surface area (Å²) >= 11 is 0. The van der Waals surface area contributed by atoms with Crippen LogP contribution in [0.3, 0.4) is 0 Å². The van der Waals surface area contributed by atoms with E-state index in [-0.39, 0.29) is 11.3 Å². The van der Waals surface area contributed by atoms with Gasteiger partial charge in [0.15, 0.2) is 0 Å². The lowest BCUT2D eigenvalue weighted by Gasteiger charge is -2.35. The van der Waals surface area contributed by atoms with Crippen molar-refractivity contribution in [2.24, 2.45) is 5.41 Å². The van der Waals surface area contributed by atoms with Gasteiger partial charge in [0, 0.05) is 26.1 Å². The lowest BCUT2D eigenvalue weighted by Crippen LogP contribution is -2.32. The van der Waals surface area contributed by atoms with E-state index in [0.717, 1.165) is 30.5 Å². The fraction of sp³-hybridized carbons (Fsp3) is 0.500. The van der Waals surface area contributed by atoms with Gasteiger partial charge in [0.25, 0.3) is 0 Å². The highest BCUT2D eigenvalue weighted by molar-refractivity contribution is 6.59. The van der Waals surface area contributed by atoms with Crippen LogP contribution in [0.2, 0.25) is 0 Å². The Morgan fingerprint density at radius 2 is 1.38 bits per heavy atom. The van der Waals surface area contributed by atoms with Crippen LogP contribution in [0.1, 0.15) is 63.6 Å². The molecule has 4 nitrogen and oxygen atoms in total. The third kappa shape index (κ3) is 7.59. The molecule has 0 aromatic heterocycles. The highest BCUT2D eigenvalue weighted by atomic mass is 16.5. The largest absolute Gasteiger partial charge is 0.490 e. The molecule has 5 heteroatoms. The molecule has 0 radical (unpaired) electrons. The summed E-state index contributed by atoms with van der Waals surface area (Å²) in [7, 11) is 0.611. The molecule has 2 aromatic carbocycles. The fourth-order valence-electron chi connectivity index (χ4n) is 3.54. The molecule has 0 saturated carbocycles. The lowest BCUT2D eigenvalue weighted by atomic mass is 9.74. The van der Waals surface area contributed by atoms with Gasteiger partial charge >= 0.3 is 7.12 Å². The molecule has 0 heterocycles. The van der Waals surface area contributed by atoms with Crippen LogP contribution in [0.25, 0.3) is 0 Å². The molecule has 0 saturated heterocycles. The Bertz CT molecular complexity index is 746. The lowest BCUT2D eigenvalue weighted by molar-refractivity contribution is 0.0344. The molecule has 0 bridgehead atoms. The number of hydrogen-bond acceptors (Lipinski definition) is 4. The second kappa shape index (κ2) is 9.90. The maximum atomic E-state index is 10.7. The first-order valence-electron chi connectivity index (χ1n) is 10.3. The van der Waals surface area contributed by atoms with Gasteiger partial charge in [-0.05, 0) is 47.8 Å². The van der Waals surface area contributed by atoms with Crippen LogP contribution in [-0.2, 0) is 17.7 Å². The Balaban J connectivity index is 1.94. The summed E-state index contributed by atoms with van der Waals surface area (Å²) < 4.78 is 4.91. The van der Waals surface area contributed by atoms with Gasteiger partial charge in [0.2, 0.25) is 0 Å². The van der Waals surface area contributed by atoms with E-state index >= 15 is 0 Å². The van der Waals surface area contributed by atoms with Gasteiger partial charge in [-0.25, -0.2) is 0 Å². The quantitative estimate of drug-likeness (QED) is 0.566. The summed E-state index contributed by atoms with van der Waals surface area (Å²) in [6.45, 7) is 12.0. The van der Waals surface area contributed by atoms with Crippen molar-refractivity contribution in [1.82, 2.24) is 5.32 Å². The molecule has 158 valence electrons. The number of rotatable bonds is 9. The zero-order chi connectivity index (χ0) is 21.7. The average molecular weight is 397 g/mol. The molecule has 0 aliphatic heterocycles. The molecular weight excluding hydrogens is 361 g/mol. The first kappa shape index (κ1) is 23.6. The van der Waals surface area contributed by atoms with E-state index < -0.39 is 12.7 Å². The normalized spacial score (nSPS) is 13.4. The van der Waals surface area contributed by atoms with Crippen molar-refractivity contribution >= 4 is 12.6 Å². The molecule has 2 aromatic rings. The summed E-state index contributed by atoms with van der Waals surface area (Å²) in [4.78, 5) is 0. The van der Waals surface area contributed by atoms with Crippen LogP contribution >= 0.6 is 0 Å². The summed E-state index contributed by atoms with van der Waals surface area (Å²) in [5, 5.41) is 23.8. The Morgan fingerprint density at radius 3 is 1.79 bits per heavy atom. The van der Waals surface area contributed by atoms with Crippen LogP contribution in [0.5, 0.6) is 0 Å². The van der Waals surface area contributed by atoms with Crippen LogP contribution in [-0.4, -0.2) is 30.0 Å². The molecule has 0 fully saturated rings. The summed E-state index contributed by atoms with van der Waals surface area (Å²) in [5.74, 6) is 0.102. The first-order valence-corrected chi connectivity index (χ1v) is 10.3. The highest BCUT2D eigenvalue weighted by Gasteiger charge is 2.32. The first-order chi connectivity index (χ1) is 13.5. The van der Waals surface area contributed by atoms with Crippen molar-refractivity contribution in [3.05, 3.63) is 65.2 Å². The van der Waals surface area contributed by atoms with Crippen LogP contribution in [0, 0.1) is 5.41 Å². The van der Waals surface area contributed by atoms with Gasteiger partial charge in [-0.2, -0.15) is 0 Å². The molecule has 3 N–H and O–H groups in total. The topological polar surface area (TPSA) is 61.7 Å². The van der Waals surface area contributed by atoms with Gasteiger partial charge in [0.1, 0.15) is 0 Å². The van der Waals surface area contributed by atoms with Crippen LogP contribution < -0.4 is 10.8 Å². The predicted octanol–water partition coefficient (Wildman–Crippen LogP) is 3.60. The highest BCUT2D eigenvalue weighted by Crippen LogP contribution is 2.38. The van der Waals surface area contributed by atoms with Crippen molar-refractivity contribution in [3.8, 4) is 0 Å². The molecular formula is C24H36BNO3. The second-order valence-electron chi connectivity index (χ2n) is 9.65. The number of nitrogens with one attached hydrogen (secondary N) is 1. The molecule has 29 heavy (non-hydrogen) atoms. The van der Waals surface area contributed by atoms with Gasteiger partial charge in [0.05, 0.1) is 5.60 Å². The van der Waals surface area contributed by atoms with Gasteiger partial charge in [-0.1, -0.05) is 69.3 Å². The zero-order valence-corrected chi connectivity index (χ0v) is 18.7. The van der Waals surface area contributed by atoms with E-state index in [9.17, 15) is 10.1 Å². The van der Waals surface area contributed by atoms with Crippen molar-refractivity contribution in [2.45, 2.75) is 65.6 Å². The van der Waals surface area contributed by atoms with Gasteiger partial charge < -0.3 is 20.1 Å². The third-order valence-corrected chi connectivity index (χ3v) is 5.20. The maximum Gasteiger partial charge on any atom is 0.490 e. The molecule has 0 spiro atoms. The Kier molecular flexibility index (Phi) is 8.06. The molecule has 1 atom stereocenters. The van der Waals surface area contributed by atoms with Crippen LogP contribution in [0.15, 0.2) is 48.5 Å². The Hall–Kier alpha value is -1.66. The standard InChI is InChI=1S/C24H36BNO3/c1-23(2,3)15-22(24(4,5)27)20-11-7-18(8-12-20)16-26-17-19-9-13-21(14-10-19)25(28)29-6/h7-14,22,26-28H,15-17H2,1-6H3. The minimum absolute atomic E-state index is 0.102. The van der Waals surface area contributed by atoms with Crippen molar-refractivity contribution in [2.75, 3.05) is 7.11 Å². The van der Waals surface area contributed by atoms with E-state index in [1.165, 1.54) is 18.2 Å². The molecule has 0 amide bonds. The minimum atomic E-state index is -0.874. The van der Waals surface area contributed by atoms with Crippen LogP contribution in [0.4, 0.5) is 0 Å². The van der Waals surface area contributed by atoms with Crippen molar-refractivity contribution < 1.29 is 14.8 Å². The Labute approximate surface area is 176 Å². The fourth-order valence-corrected chi connectivity index (χ4v) is 3.54. The van der Waals surface area contributed by atoms with E-state index in [0.29, 0.717) is 0 Å². The SMILES string of the molecule is COB(O)c1ccc(CNCc2ccc(C(CC(C)(C)C)C(C)(C)O)cc2)cc1. The minimum Gasteiger partial charge on any atom is -0.423 e. The third-order valence-electron chi connectivity index (χ3n) is 5.20. The van der Waals surface area contributed by atoms with E-state index in [1.807, 2.05) is 38.1 Å². The summed E-state index contributed by atoms with van der Waals surface area (Å²) in [6.07, 6.45) is 0.932. The molecule has 0 aliphatic rings. The molecule has 0 aliphatic carbocycles.